The number of hydrogen-bond acceptors (Lipinski definition) is 6. The van der Waals surface area contributed by atoms with Crippen LogP contribution >= 0.6 is 0 Å². The highest BCUT2D eigenvalue weighted by atomic mass is 16.2. The number of aryl methyl sites for hydroxylation is 1. The zero-order chi connectivity index (χ0) is 24.0. The highest BCUT2D eigenvalue weighted by Gasteiger charge is 2.34. The minimum absolute atomic E-state index is 0.0693. The Bertz CT molecular complexity index is 893. The molecule has 0 bridgehead atoms. The van der Waals surface area contributed by atoms with Crippen molar-refractivity contribution in [1.82, 2.24) is 24.9 Å². The van der Waals surface area contributed by atoms with Crippen LogP contribution in [0.25, 0.3) is 0 Å². The van der Waals surface area contributed by atoms with Gasteiger partial charge in [0.05, 0.1) is 25.2 Å². The van der Waals surface area contributed by atoms with Gasteiger partial charge in [-0.1, -0.05) is 26.3 Å². The molecule has 2 atom stereocenters. The van der Waals surface area contributed by atoms with E-state index < -0.39 is 11.9 Å². The van der Waals surface area contributed by atoms with Crippen molar-refractivity contribution in [1.29, 1.82) is 0 Å². The third-order valence-electron chi connectivity index (χ3n) is 6.13. The minimum Gasteiger partial charge on any atom is -0.359 e. The molecule has 1 aliphatic carbocycles. The third-order valence-corrected chi connectivity index (χ3v) is 6.13. The van der Waals surface area contributed by atoms with Crippen molar-refractivity contribution in [3.63, 3.8) is 0 Å². The van der Waals surface area contributed by atoms with Crippen molar-refractivity contribution < 1.29 is 19.2 Å². The molecule has 1 aromatic rings. The number of Topliss-reactive ketones (excluding diaryl/α,β-unsaturated/α-hetero) is 1. The van der Waals surface area contributed by atoms with Crippen LogP contribution in [-0.4, -0.2) is 81.9 Å². The number of nitrogens with one attached hydrogen (secondary N) is 2. The Hall–Kier alpha value is -3.17. The van der Waals surface area contributed by atoms with Gasteiger partial charge in [0.25, 0.3) is 0 Å². The van der Waals surface area contributed by atoms with Gasteiger partial charge in [0, 0.05) is 32.7 Å². The van der Waals surface area contributed by atoms with Crippen molar-refractivity contribution in [3.05, 3.63) is 24.9 Å². The lowest BCUT2D eigenvalue weighted by Gasteiger charge is -2.24. The highest BCUT2D eigenvalue weighted by Crippen LogP contribution is 2.26. The largest absolute Gasteiger partial charge is 0.359 e. The molecule has 3 aliphatic rings. The van der Waals surface area contributed by atoms with Crippen molar-refractivity contribution in [2.75, 3.05) is 38.0 Å². The summed E-state index contributed by atoms with van der Waals surface area (Å²) in [5.41, 5.74) is 0. The summed E-state index contributed by atoms with van der Waals surface area (Å²) in [4.78, 5) is 51.9. The number of nitrogens with zero attached hydrogens (tertiary/aromatic N) is 4. The standard InChI is InChI=1S/C19H26N6O4.C4H8/c1-3-17(27)25(10-13-4-7-20-18(13)28)12-14(26)11-24-9-6-15(19(24)29)22-16-5-8-21-23(16)2;1-4-2-3-4/h3,5,8,13,15,22H,1,4,6-7,9-12H2,2H3,(H,20,28);4H,2-3H2,1H3. The molecule has 2 unspecified atom stereocenters. The number of carbonyl (C=O) groups is 4. The van der Waals surface area contributed by atoms with Gasteiger partial charge in [-0.05, 0) is 24.8 Å². The van der Waals surface area contributed by atoms with Gasteiger partial charge in [-0.15, -0.1) is 0 Å². The van der Waals surface area contributed by atoms with E-state index in [-0.39, 0.29) is 43.1 Å². The van der Waals surface area contributed by atoms with Gasteiger partial charge in [-0.2, -0.15) is 5.10 Å². The Morgan fingerprint density at radius 2 is 2.03 bits per heavy atom. The smallest absolute Gasteiger partial charge is 0.246 e. The molecular weight excluding hydrogens is 424 g/mol. The lowest BCUT2D eigenvalue weighted by atomic mass is 10.1. The molecule has 0 radical (unpaired) electrons. The van der Waals surface area contributed by atoms with E-state index >= 15 is 0 Å². The molecule has 3 amide bonds. The van der Waals surface area contributed by atoms with Crippen LogP contribution in [0.2, 0.25) is 0 Å². The lowest BCUT2D eigenvalue weighted by Crippen LogP contribution is -2.44. The van der Waals surface area contributed by atoms with Crippen LogP contribution in [0.3, 0.4) is 0 Å². The molecule has 1 saturated carbocycles. The summed E-state index contributed by atoms with van der Waals surface area (Å²) in [5.74, 6) is 0.561. The fourth-order valence-electron chi connectivity index (χ4n) is 3.81. The molecule has 3 fully saturated rings. The maximum absolute atomic E-state index is 12.6. The summed E-state index contributed by atoms with van der Waals surface area (Å²) in [6.45, 7) is 6.72. The van der Waals surface area contributed by atoms with Gasteiger partial charge in [0.2, 0.25) is 17.7 Å². The summed E-state index contributed by atoms with van der Waals surface area (Å²) in [6.07, 6.45) is 6.95. The molecule has 4 rings (SSSR count). The Kier molecular flexibility index (Phi) is 8.24. The van der Waals surface area contributed by atoms with Crippen molar-refractivity contribution >= 4 is 29.3 Å². The summed E-state index contributed by atoms with van der Waals surface area (Å²) < 4.78 is 1.64. The Morgan fingerprint density at radius 3 is 2.58 bits per heavy atom. The van der Waals surface area contributed by atoms with Crippen molar-refractivity contribution in [2.45, 2.75) is 38.6 Å². The average molecular weight is 459 g/mol. The molecular formula is C23H34N6O4. The second-order valence-electron chi connectivity index (χ2n) is 9.01. The fraction of sp³-hybridized carbons (Fsp3) is 0.609. The van der Waals surface area contributed by atoms with Crippen molar-refractivity contribution in [2.24, 2.45) is 18.9 Å². The van der Waals surface area contributed by atoms with E-state index in [2.05, 4.69) is 29.2 Å². The molecule has 2 aliphatic heterocycles. The summed E-state index contributed by atoms with van der Waals surface area (Å²) in [7, 11) is 1.78. The molecule has 3 heterocycles. The molecule has 0 spiro atoms. The Labute approximate surface area is 194 Å². The SMILES string of the molecule is C=CC(=O)N(CC(=O)CN1CCC(Nc2ccnn2C)C1=O)CC1CCNC1=O.CC1CC1. The van der Waals surface area contributed by atoms with Gasteiger partial charge < -0.3 is 20.4 Å². The molecule has 10 nitrogen and oxygen atoms in total. The predicted octanol–water partition coefficient (Wildman–Crippen LogP) is 0.569. The van der Waals surface area contributed by atoms with Crippen LogP contribution in [0.15, 0.2) is 24.9 Å². The van der Waals surface area contributed by atoms with Gasteiger partial charge in [-0.25, -0.2) is 0 Å². The predicted molar refractivity (Wildman–Crippen MR) is 123 cm³/mol. The molecule has 33 heavy (non-hydrogen) atoms. The topological polar surface area (TPSA) is 117 Å². The van der Waals surface area contributed by atoms with E-state index in [1.54, 1.807) is 24.0 Å². The number of ketones is 1. The maximum Gasteiger partial charge on any atom is 0.246 e. The normalized spacial score (nSPS) is 21.8. The second kappa shape index (κ2) is 11.1. The second-order valence-corrected chi connectivity index (χ2v) is 9.01. The highest BCUT2D eigenvalue weighted by molar-refractivity contribution is 5.95. The average Bonchev–Trinajstić information content (AvgIpc) is 3.12. The Balaban J connectivity index is 0.000000690. The van der Waals surface area contributed by atoms with E-state index in [0.717, 1.165) is 17.8 Å². The minimum atomic E-state index is -0.411. The number of carbonyl (C=O) groups excluding carboxylic acids is 4. The first kappa shape index (κ1) is 24.5. The fourth-order valence-corrected chi connectivity index (χ4v) is 3.81. The van der Waals surface area contributed by atoms with Gasteiger partial charge >= 0.3 is 0 Å². The first-order valence-electron chi connectivity index (χ1n) is 11.5. The van der Waals surface area contributed by atoms with E-state index in [1.807, 2.05) is 0 Å². The van der Waals surface area contributed by atoms with E-state index in [4.69, 9.17) is 0 Å². The van der Waals surface area contributed by atoms with Crippen molar-refractivity contribution in [3.8, 4) is 0 Å². The number of rotatable bonds is 9. The third kappa shape index (κ3) is 6.90. The van der Waals surface area contributed by atoms with E-state index in [9.17, 15) is 19.2 Å². The number of likely N-dealkylation sites (tertiary alicyclic amines) is 1. The summed E-state index contributed by atoms with van der Waals surface area (Å²) in [5, 5.41) is 9.92. The van der Waals surface area contributed by atoms with Gasteiger partial charge in [0.15, 0.2) is 5.78 Å². The number of aromatic nitrogens is 2. The number of anilines is 1. The summed E-state index contributed by atoms with van der Waals surface area (Å²) in [6, 6.07) is 1.37. The Morgan fingerprint density at radius 1 is 1.30 bits per heavy atom. The van der Waals surface area contributed by atoms with E-state index in [1.165, 1.54) is 22.6 Å². The molecule has 180 valence electrons. The molecule has 10 heteroatoms. The van der Waals surface area contributed by atoms with Crippen LogP contribution < -0.4 is 10.6 Å². The number of amides is 3. The molecule has 2 saturated heterocycles. The zero-order valence-corrected chi connectivity index (χ0v) is 19.5. The molecule has 1 aromatic heterocycles. The lowest BCUT2D eigenvalue weighted by molar-refractivity contribution is -0.136. The quantitative estimate of drug-likeness (QED) is 0.523. The van der Waals surface area contributed by atoms with Gasteiger partial charge in [0.1, 0.15) is 11.9 Å². The molecule has 0 aromatic carbocycles. The van der Waals surface area contributed by atoms with Crippen LogP contribution in [0.4, 0.5) is 5.82 Å². The van der Waals surface area contributed by atoms with E-state index in [0.29, 0.717) is 25.9 Å². The van der Waals surface area contributed by atoms with Crippen LogP contribution in [0.5, 0.6) is 0 Å². The first-order chi connectivity index (χ1) is 15.8. The molecule has 2 N–H and O–H groups in total. The van der Waals surface area contributed by atoms with Crippen LogP contribution in [0, 0.1) is 11.8 Å². The van der Waals surface area contributed by atoms with Crippen LogP contribution in [-0.2, 0) is 26.2 Å². The zero-order valence-electron chi connectivity index (χ0n) is 19.5. The summed E-state index contributed by atoms with van der Waals surface area (Å²) >= 11 is 0. The first-order valence-corrected chi connectivity index (χ1v) is 11.5. The van der Waals surface area contributed by atoms with Crippen LogP contribution in [0.1, 0.15) is 32.6 Å². The van der Waals surface area contributed by atoms with Gasteiger partial charge in [-0.3, -0.25) is 23.9 Å². The number of hydrogen-bond donors (Lipinski definition) is 2. The maximum atomic E-state index is 12.6. The monoisotopic (exact) mass is 458 g/mol.